The number of aliphatic hydroxyl groups is 1. The van der Waals surface area contributed by atoms with Gasteiger partial charge >= 0.3 is 0 Å². The minimum absolute atomic E-state index is 0.0288. The molecule has 0 saturated carbocycles. The number of nitrogens with zero attached hydrogens (tertiary/aromatic N) is 1. The number of benzene rings is 1. The van der Waals surface area contributed by atoms with E-state index in [1.165, 1.54) is 19.1 Å². The number of aliphatic hydroxyl groups excluding tert-OH is 1. The maximum Gasteiger partial charge on any atom is 0.254 e. The zero-order chi connectivity index (χ0) is 15.8. The minimum atomic E-state index is -0.298. The average Bonchev–Trinajstić information content (AvgIpc) is 2.51. The number of likely N-dealkylation sites (N-methyl/N-ethyl adjacent to an activating group) is 2. The average molecular weight is 290 g/mol. The SMILES string of the molecule is CNC(=O)CN(C)C(=O)c1ccc(OC)c(C#CCO)c1. The van der Waals surface area contributed by atoms with E-state index < -0.39 is 0 Å². The van der Waals surface area contributed by atoms with Gasteiger partial charge in [-0.2, -0.15) is 0 Å². The van der Waals surface area contributed by atoms with Crippen LogP contribution in [0.25, 0.3) is 0 Å². The fourth-order valence-electron chi connectivity index (χ4n) is 1.66. The number of methoxy groups -OCH3 is 1. The largest absolute Gasteiger partial charge is 0.495 e. The third kappa shape index (κ3) is 4.51. The Morgan fingerprint density at radius 1 is 1.43 bits per heavy atom. The molecule has 0 spiro atoms. The predicted molar refractivity (Wildman–Crippen MR) is 78.0 cm³/mol. The number of hydrogen-bond acceptors (Lipinski definition) is 4. The molecule has 112 valence electrons. The molecule has 0 bridgehead atoms. The first-order chi connectivity index (χ1) is 10.0. The van der Waals surface area contributed by atoms with Crippen LogP contribution in [0.3, 0.4) is 0 Å². The molecule has 0 unspecified atom stereocenters. The smallest absolute Gasteiger partial charge is 0.254 e. The summed E-state index contributed by atoms with van der Waals surface area (Å²) in [4.78, 5) is 24.8. The molecule has 0 aliphatic heterocycles. The summed E-state index contributed by atoms with van der Waals surface area (Å²) >= 11 is 0. The summed E-state index contributed by atoms with van der Waals surface area (Å²) in [6.07, 6.45) is 0. The van der Waals surface area contributed by atoms with Crippen LogP contribution in [0.4, 0.5) is 0 Å². The van der Waals surface area contributed by atoms with Gasteiger partial charge in [-0.15, -0.1) is 0 Å². The van der Waals surface area contributed by atoms with Gasteiger partial charge in [-0.05, 0) is 18.2 Å². The summed E-state index contributed by atoms with van der Waals surface area (Å²) in [6.45, 7) is -0.309. The van der Waals surface area contributed by atoms with Crippen molar-refractivity contribution in [2.24, 2.45) is 0 Å². The van der Waals surface area contributed by atoms with Crippen molar-refractivity contribution in [1.82, 2.24) is 10.2 Å². The van der Waals surface area contributed by atoms with Gasteiger partial charge in [0.1, 0.15) is 12.4 Å². The molecule has 0 aliphatic rings. The van der Waals surface area contributed by atoms with E-state index in [0.717, 1.165) is 0 Å². The third-order valence-electron chi connectivity index (χ3n) is 2.75. The van der Waals surface area contributed by atoms with Crippen molar-refractivity contribution in [2.75, 3.05) is 34.4 Å². The van der Waals surface area contributed by atoms with Crippen LogP contribution in [0.5, 0.6) is 5.75 Å². The number of nitrogens with one attached hydrogen (secondary N) is 1. The van der Waals surface area contributed by atoms with Gasteiger partial charge in [0.25, 0.3) is 5.91 Å². The number of carbonyl (C=O) groups excluding carboxylic acids is 2. The number of rotatable bonds is 4. The van der Waals surface area contributed by atoms with Crippen molar-refractivity contribution in [3.05, 3.63) is 29.3 Å². The summed E-state index contributed by atoms with van der Waals surface area (Å²) in [5.41, 5.74) is 0.898. The van der Waals surface area contributed by atoms with E-state index in [2.05, 4.69) is 17.2 Å². The molecular weight excluding hydrogens is 272 g/mol. The van der Waals surface area contributed by atoms with Crippen LogP contribution in [0, 0.1) is 11.8 Å². The monoisotopic (exact) mass is 290 g/mol. The molecule has 6 heteroatoms. The van der Waals surface area contributed by atoms with Crippen LogP contribution in [-0.2, 0) is 4.79 Å². The fraction of sp³-hybridized carbons (Fsp3) is 0.333. The lowest BCUT2D eigenvalue weighted by molar-refractivity contribution is -0.121. The van der Waals surface area contributed by atoms with Crippen molar-refractivity contribution in [2.45, 2.75) is 0 Å². The second-order valence-corrected chi connectivity index (χ2v) is 4.21. The topological polar surface area (TPSA) is 78.9 Å². The molecule has 1 aromatic carbocycles. The van der Waals surface area contributed by atoms with Crippen LogP contribution in [-0.4, -0.2) is 56.2 Å². The first-order valence-electron chi connectivity index (χ1n) is 6.27. The van der Waals surface area contributed by atoms with Gasteiger partial charge in [-0.3, -0.25) is 9.59 Å². The van der Waals surface area contributed by atoms with Crippen molar-refractivity contribution >= 4 is 11.8 Å². The lowest BCUT2D eigenvalue weighted by Crippen LogP contribution is -2.36. The number of amides is 2. The summed E-state index contributed by atoms with van der Waals surface area (Å²) in [7, 11) is 4.55. The molecular formula is C15H18N2O4. The van der Waals surface area contributed by atoms with E-state index in [1.807, 2.05) is 0 Å². The molecule has 0 atom stereocenters. The standard InChI is InChI=1S/C15H18N2O4/c1-16-14(19)10-17(2)15(20)12-6-7-13(21-3)11(9-12)5-4-8-18/h6-7,9,18H,8,10H2,1-3H3,(H,16,19). The minimum Gasteiger partial charge on any atom is -0.495 e. The maximum absolute atomic E-state index is 12.2. The molecule has 1 rings (SSSR count). The Morgan fingerprint density at radius 3 is 2.71 bits per heavy atom. The lowest BCUT2D eigenvalue weighted by atomic mass is 10.1. The highest BCUT2D eigenvalue weighted by atomic mass is 16.5. The van der Waals surface area contributed by atoms with Gasteiger partial charge in [0, 0.05) is 19.7 Å². The van der Waals surface area contributed by atoms with Gasteiger partial charge in [0.05, 0.1) is 19.2 Å². The first-order valence-corrected chi connectivity index (χ1v) is 6.27. The van der Waals surface area contributed by atoms with E-state index >= 15 is 0 Å². The molecule has 0 heterocycles. The second kappa shape index (κ2) is 7.92. The highest BCUT2D eigenvalue weighted by molar-refractivity contribution is 5.96. The molecule has 21 heavy (non-hydrogen) atoms. The Balaban J connectivity index is 3.02. The highest BCUT2D eigenvalue weighted by Gasteiger charge is 2.15. The molecule has 1 aromatic rings. The van der Waals surface area contributed by atoms with Gasteiger partial charge in [0.2, 0.25) is 5.91 Å². The van der Waals surface area contributed by atoms with Crippen molar-refractivity contribution < 1.29 is 19.4 Å². The Labute approximate surface area is 123 Å². The first kappa shape index (κ1) is 16.5. The van der Waals surface area contributed by atoms with Gasteiger partial charge in [0.15, 0.2) is 0 Å². The normalized spacial score (nSPS) is 9.33. The molecule has 0 aromatic heterocycles. The lowest BCUT2D eigenvalue weighted by Gasteiger charge is -2.16. The second-order valence-electron chi connectivity index (χ2n) is 4.21. The van der Waals surface area contributed by atoms with Gasteiger partial charge in [-0.25, -0.2) is 0 Å². The Bertz CT molecular complexity index is 587. The maximum atomic E-state index is 12.2. The molecule has 0 saturated heterocycles. The number of ether oxygens (including phenoxy) is 1. The summed E-state index contributed by atoms with van der Waals surface area (Å²) in [6, 6.07) is 4.80. The quantitative estimate of drug-likeness (QED) is 0.756. The van der Waals surface area contributed by atoms with Crippen LogP contribution in [0.2, 0.25) is 0 Å². The van der Waals surface area contributed by atoms with Crippen molar-refractivity contribution in [1.29, 1.82) is 0 Å². The van der Waals surface area contributed by atoms with E-state index in [-0.39, 0.29) is 25.0 Å². The van der Waals surface area contributed by atoms with E-state index in [4.69, 9.17) is 9.84 Å². The summed E-state index contributed by atoms with van der Waals surface area (Å²) in [5, 5.41) is 11.2. The molecule has 0 fully saturated rings. The zero-order valence-corrected chi connectivity index (χ0v) is 12.3. The zero-order valence-electron chi connectivity index (χ0n) is 12.3. The third-order valence-corrected chi connectivity index (χ3v) is 2.75. The molecule has 0 radical (unpaired) electrons. The molecule has 0 aliphatic carbocycles. The predicted octanol–water partition coefficient (Wildman–Crippen LogP) is -0.143. The van der Waals surface area contributed by atoms with E-state index in [9.17, 15) is 9.59 Å². The Kier molecular flexibility index (Phi) is 6.24. The van der Waals surface area contributed by atoms with Gasteiger partial charge < -0.3 is 20.1 Å². The van der Waals surface area contributed by atoms with E-state index in [1.54, 1.807) is 25.2 Å². The van der Waals surface area contributed by atoms with Gasteiger partial charge in [-0.1, -0.05) is 11.8 Å². The Morgan fingerprint density at radius 2 is 2.14 bits per heavy atom. The molecule has 2 amide bonds. The molecule has 6 nitrogen and oxygen atoms in total. The Hall–Kier alpha value is -2.52. The van der Waals surface area contributed by atoms with Crippen molar-refractivity contribution in [3.8, 4) is 17.6 Å². The fourth-order valence-corrected chi connectivity index (χ4v) is 1.66. The van der Waals surface area contributed by atoms with Crippen LogP contribution >= 0.6 is 0 Å². The van der Waals surface area contributed by atoms with Crippen molar-refractivity contribution in [3.63, 3.8) is 0 Å². The van der Waals surface area contributed by atoms with Crippen LogP contribution in [0.15, 0.2) is 18.2 Å². The van der Waals surface area contributed by atoms with Crippen LogP contribution < -0.4 is 10.1 Å². The molecule has 2 N–H and O–H groups in total. The summed E-state index contributed by atoms with van der Waals surface area (Å²) in [5.74, 6) is 5.20. The number of hydrogen-bond donors (Lipinski definition) is 2. The highest BCUT2D eigenvalue weighted by Crippen LogP contribution is 2.19. The van der Waals surface area contributed by atoms with Crippen LogP contribution in [0.1, 0.15) is 15.9 Å². The number of carbonyl (C=O) groups is 2. The summed E-state index contributed by atoms with van der Waals surface area (Å²) < 4.78 is 5.15. The van der Waals surface area contributed by atoms with E-state index in [0.29, 0.717) is 16.9 Å².